The van der Waals surface area contributed by atoms with Gasteiger partial charge in [0, 0.05) is 37.6 Å². The molecule has 1 aliphatic heterocycles. The molecule has 10 heteroatoms. The fraction of sp³-hybridized carbons (Fsp3) is 0.346. The molecule has 5 rings (SSSR count). The quantitative estimate of drug-likeness (QED) is 0.502. The average molecular weight is 488 g/mol. The zero-order chi connectivity index (χ0) is 25.2. The number of nitrogens with one attached hydrogen (secondary N) is 1. The van der Waals surface area contributed by atoms with Gasteiger partial charge in [0.1, 0.15) is 29.6 Å². The van der Waals surface area contributed by atoms with Crippen molar-refractivity contribution in [3.8, 4) is 0 Å². The van der Waals surface area contributed by atoms with Gasteiger partial charge in [-0.05, 0) is 36.5 Å². The number of likely N-dealkylation sites (tertiary alicyclic amines) is 1. The van der Waals surface area contributed by atoms with Crippen LogP contribution in [-0.2, 0) is 9.59 Å². The number of aliphatic hydroxyl groups is 1. The number of nitrogens with zero attached hydrogens (tertiary/aromatic N) is 5. The summed E-state index contributed by atoms with van der Waals surface area (Å²) in [4.78, 5) is 40.1. The van der Waals surface area contributed by atoms with Crippen molar-refractivity contribution in [3.05, 3.63) is 66.5 Å². The van der Waals surface area contributed by atoms with E-state index < -0.39 is 6.61 Å². The molecule has 4 heterocycles. The van der Waals surface area contributed by atoms with E-state index in [0.29, 0.717) is 35.9 Å². The number of anilines is 2. The standard InChI is InChI=1S/C26H29N7O3/c1-16-13-17(7-8-19(16)26(36)30-20-6-2-3-9-28-20)22-23-24(27)29-10-12-33(23)25(31-22)18-5-4-11-32(14-18)21(35)15-34/h2-3,6-10,12-13,16,18-19,34H,4-5,11,14-15H2,1H3,(H2,27,29)(H,28,30,36). The Balaban J connectivity index is 1.44. The third-order valence-corrected chi connectivity index (χ3v) is 6.87. The number of amides is 2. The van der Waals surface area contributed by atoms with Crippen LogP contribution in [0.4, 0.5) is 11.6 Å². The van der Waals surface area contributed by atoms with E-state index in [1.165, 1.54) is 0 Å². The van der Waals surface area contributed by atoms with Gasteiger partial charge in [-0.25, -0.2) is 15.0 Å². The summed E-state index contributed by atoms with van der Waals surface area (Å²) in [6.45, 7) is 2.61. The number of fused-ring (bicyclic) bond motifs is 1. The molecule has 3 atom stereocenters. The zero-order valence-corrected chi connectivity index (χ0v) is 20.0. The highest BCUT2D eigenvalue weighted by Crippen LogP contribution is 2.35. The van der Waals surface area contributed by atoms with Crippen LogP contribution in [0.1, 0.15) is 37.2 Å². The molecule has 36 heavy (non-hydrogen) atoms. The van der Waals surface area contributed by atoms with Gasteiger partial charge in [-0.2, -0.15) is 0 Å². The van der Waals surface area contributed by atoms with E-state index in [0.717, 1.165) is 24.2 Å². The summed E-state index contributed by atoms with van der Waals surface area (Å²) in [6, 6.07) is 5.38. The number of imidazole rings is 1. The van der Waals surface area contributed by atoms with Crippen LogP contribution in [0.2, 0.25) is 0 Å². The second kappa shape index (κ2) is 9.90. The number of aromatic nitrogens is 4. The molecule has 3 aromatic rings. The highest BCUT2D eigenvalue weighted by atomic mass is 16.3. The summed E-state index contributed by atoms with van der Waals surface area (Å²) in [6.07, 6.45) is 12.6. The molecule has 0 spiro atoms. The van der Waals surface area contributed by atoms with Crippen molar-refractivity contribution >= 4 is 34.5 Å². The van der Waals surface area contributed by atoms with Gasteiger partial charge in [-0.15, -0.1) is 0 Å². The molecule has 3 aromatic heterocycles. The molecule has 2 aliphatic rings. The van der Waals surface area contributed by atoms with Crippen molar-refractivity contribution in [1.82, 2.24) is 24.3 Å². The van der Waals surface area contributed by atoms with Gasteiger partial charge in [-0.3, -0.25) is 14.0 Å². The minimum atomic E-state index is -0.498. The Hall–Kier alpha value is -4.05. The first-order valence-electron chi connectivity index (χ1n) is 12.1. The molecule has 186 valence electrons. The molecule has 4 N–H and O–H groups in total. The normalized spacial score (nSPS) is 21.9. The van der Waals surface area contributed by atoms with E-state index in [4.69, 9.17) is 10.7 Å². The summed E-state index contributed by atoms with van der Waals surface area (Å²) in [7, 11) is 0. The Bertz CT molecular complexity index is 1350. The lowest BCUT2D eigenvalue weighted by molar-refractivity contribution is -0.135. The average Bonchev–Trinajstić information content (AvgIpc) is 3.30. The second-order valence-corrected chi connectivity index (χ2v) is 9.26. The molecule has 3 unspecified atom stereocenters. The van der Waals surface area contributed by atoms with Crippen LogP contribution >= 0.6 is 0 Å². The van der Waals surface area contributed by atoms with E-state index >= 15 is 0 Å². The van der Waals surface area contributed by atoms with Crippen LogP contribution < -0.4 is 11.1 Å². The summed E-state index contributed by atoms with van der Waals surface area (Å²) in [5.41, 5.74) is 8.58. The summed E-state index contributed by atoms with van der Waals surface area (Å²) in [5.74, 6) is 0.852. The zero-order valence-electron chi connectivity index (χ0n) is 20.0. The highest BCUT2D eigenvalue weighted by Gasteiger charge is 2.31. The van der Waals surface area contributed by atoms with Gasteiger partial charge in [0.05, 0.1) is 11.6 Å². The minimum absolute atomic E-state index is 0.000192. The van der Waals surface area contributed by atoms with E-state index in [1.807, 2.05) is 41.8 Å². The number of hydrogen-bond donors (Lipinski definition) is 3. The molecule has 0 bridgehead atoms. The van der Waals surface area contributed by atoms with Gasteiger partial charge >= 0.3 is 0 Å². The smallest absolute Gasteiger partial charge is 0.248 e. The lowest BCUT2D eigenvalue weighted by Crippen LogP contribution is -2.41. The van der Waals surface area contributed by atoms with Gasteiger partial charge in [0.25, 0.3) is 0 Å². The Morgan fingerprint density at radius 3 is 2.86 bits per heavy atom. The number of piperidine rings is 1. The van der Waals surface area contributed by atoms with Crippen molar-refractivity contribution in [2.75, 3.05) is 30.7 Å². The first-order chi connectivity index (χ1) is 17.5. The molecule has 1 aliphatic carbocycles. The second-order valence-electron chi connectivity index (χ2n) is 9.26. The first-order valence-corrected chi connectivity index (χ1v) is 12.1. The van der Waals surface area contributed by atoms with E-state index in [2.05, 4.69) is 15.3 Å². The van der Waals surface area contributed by atoms with Crippen LogP contribution in [0, 0.1) is 11.8 Å². The number of allylic oxidation sites excluding steroid dienone is 3. The molecule has 10 nitrogen and oxygen atoms in total. The van der Waals surface area contributed by atoms with E-state index in [1.54, 1.807) is 29.4 Å². The molecular formula is C26H29N7O3. The maximum atomic E-state index is 12.9. The van der Waals surface area contributed by atoms with Gasteiger partial charge in [0.15, 0.2) is 0 Å². The van der Waals surface area contributed by atoms with Crippen molar-refractivity contribution in [2.45, 2.75) is 25.7 Å². The monoisotopic (exact) mass is 487 g/mol. The molecule has 1 saturated heterocycles. The van der Waals surface area contributed by atoms with Crippen molar-refractivity contribution in [2.24, 2.45) is 11.8 Å². The number of nitrogen functional groups attached to an aromatic ring is 1. The topological polar surface area (TPSA) is 139 Å². The number of hydrogen-bond acceptors (Lipinski definition) is 7. The maximum Gasteiger partial charge on any atom is 0.248 e. The van der Waals surface area contributed by atoms with Gasteiger partial charge in [-0.1, -0.05) is 31.2 Å². The first kappa shape index (κ1) is 23.7. The number of pyridine rings is 1. The van der Waals surface area contributed by atoms with Crippen molar-refractivity contribution in [3.63, 3.8) is 0 Å². The lowest BCUT2D eigenvalue weighted by Gasteiger charge is -2.31. The summed E-state index contributed by atoms with van der Waals surface area (Å²) < 4.78 is 1.95. The third-order valence-electron chi connectivity index (χ3n) is 6.87. The Morgan fingerprint density at radius 2 is 2.11 bits per heavy atom. The minimum Gasteiger partial charge on any atom is -0.387 e. The predicted octanol–water partition coefficient (Wildman–Crippen LogP) is 2.25. The van der Waals surface area contributed by atoms with E-state index in [-0.39, 0.29) is 29.6 Å². The van der Waals surface area contributed by atoms with Crippen LogP contribution in [0.3, 0.4) is 0 Å². The third kappa shape index (κ3) is 4.47. The largest absolute Gasteiger partial charge is 0.387 e. The number of rotatable bonds is 5. The Kier molecular flexibility index (Phi) is 6.51. The molecule has 0 radical (unpaired) electrons. The van der Waals surface area contributed by atoms with Crippen molar-refractivity contribution < 1.29 is 14.7 Å². The van der Waals surface area contributed by atoms with Crippen LogP contribution in [0.25, 0.3) is 11.1 Å². The molecule has 1 fully saturated rings. The summed E-state index contributed by atoms with van der Waals surface area (Å²) >= 11 is 0. The molecule has 2 amide bonds. The SMILES string of the molecule is CC1C=C(c2nc(C3CCCN(C(=O)CO)C3)n3ccnc(N)c23)C=CC1C(=O)Nc1ccccn1. The van der Waals surface area contributed by atoms with Gasteiger partial charge < -0.3 is 21.1 Å². The van der Waals surface area contributed by atoms with E-state index in [9.17, 15) is 14.7 Å². The fourth-order valence-corrected chi connectivity index (χ4v) is 5.05. The Labute approximate surface area is 208 Å². The summed E-state index contributed by atoms with van der Waals surface area (Å²) in [5, 5.41) is 12.2. The molecular weight excluding hydrogens is 458 g/mol. The van der Waals surface area contributed by atoms with Crippen molar-refractivity contribution in [1.29, 1.82) is 0 Å². The molecule has 0 aromatic carbocycles. The molecule has 0 saturated carbocycles. The number of carbonyl (C=O) groups is 2. The predicted molar refractivity (Wildman–Crippen MR) is 136 cm³/mol. The number of carbonyl (C=O) groups excluding carboxylic acids is 2. The van der Waals surface area contributed by atoms with Crippen LogP contribution in [-0.4, -0.2) is 60.9 Å². The van der Waals surface area contributed by atoms with Gasteiger partial charge in [0.2, 0.25) is 11.8 Å². The fourth-order valence-electron chi connectivity index (χ4n) is 5.05. The Morgan fingerprint density at radius 1 is 1.25 bits per heavy atom. The lowest BCUT2D eigenvalue weighted by atomic mass is 9.85. The van der Waals surface area contributed by atoms with Crippen LogP contribution in [0.15, 0.2) is 55.0 Å². The van der Waals surface area contributed by atoms with Crippen LogP contribution in [0.5, 0.6) is 0 Å². The highest BCUT2D eigenvalue weighted by molar-refractivity contribution is 5.95. The number of aliphatic hydroxyl groups excluding tert-OH is 1. The maximum absolute atomic E-state index is 12.9. The number of nitrogens with two attached hydrogens (primary N) is 1.